The highest BCUT2D eigenvalue weighted by Crippen LogP contribution is 2.22. The Morgan fingerprint density at radius 2 is 1.95 bits per heavy atom. The number of methoxy groups -OCH3 is 1. The molecule has 0 unspecified atom stereocenters. The predicted molar refractivity (Wildman–Crippen MR) is 79.8 cm³/mol. The van der Waals surface area contributed by atoms with E-state index >= 15 is 0 Å². The molecule has 0 saturated heterocycles. The Hall–Kier alpha value is -2.53. The molecular weight excluding hydrogens is 254 g/mol. The van der Waals surface area contributed by atoms with Crippen LogP contribution in [0.5, 0.6) is 0 Å². The van der Waals surface area contributed by atoms with Gasteiger partial charge in [0, 0.05) is 24.2 Å². The van der Waals surface area contributed by atoms with E-state index in [2.05, 4.69) is 5.32 Å². The molecule has 0 aliphatic rings. The molecule has 0 aromatic heterocycles. The van der Waals surface area contributed by atoms with Gasteiger partial charge in [-0.1, -0.05) is 12.1 Å². The van der Waals surface area contributed by atoms with Crippen molar-refractivity contribution < 1.29 is 9.53 Å². The van der Waals surface area contributed by atoms with Crippen LogP contribution in [0.3, 0.4) is 0 Å². The molecular formula is C15H17N3O2. The Bertz CT molecular complexity index is 626. The summed E-state index contributed by atoms with van der Waals surface area (Å²) >= 11 is 0. The number of nitrogens with one attached hydrogen (secondary N) is 1. The molecule has 0 radical (unpaired) electrons. The highest BCUT2D eigenvalue weighted by molar-refractivity contribution is 5.99. The van der Waals surface area contributed by atoms with Crippen molar-refractivity contribution in [2.75, 3.05) is 18.2 Å². The van der Waals surface area contributed by atoms with Crippen LogP contribution in [0.15, 0.2) is 42.5 Å². The van der Waals surface area contributed by atoms with E-state index in [1.165, 1.54) is 0 Å². The lowest BCUT2D eigenvalue weighted by molar-refractivity contribution is 0.100. The Morgan fingerprint density at radius 3 is 2.65 bits per heavy atom. The molecule has 0 atom stereocenters. The van der Waals surface area contributed by atoms with E-state index in [9.17, 15) is 4.79 Å². The maximum atomic E-state index is 11.3. The van der Waals surface area contributed by atoms with Crippen LogP contribution in [0.2, 0.25) is 0 Å². The second-order valence-electron chi connectivity index (χ2n) is 4.42. The fourth-order valence-electron chi connectivity index (χ4n) is 1.92. The molecule has 0 bridgehead atoms. The average molecular weight is 271 g/mol. The molecule has 20 heavy (non-hydrogen) atoms. The molecule has 0 aliphatic heterocycles. The molecule has 0 spiro atoms. The van der Waals surface area contributed by atoms with Crippen LogP contribution in [-0.2, 0) is 11.3 Å². The smallest absolute Gasteiger partial charge is 0.250 e. The minimum atomic E-state index is -0.542. The summed E-state index contributed by atoms with van der Waals surface area (Å²) in [5.74, 6) is -0.542. The van der Waals surface area contributed by atoms with Crippen LogP contribution in [0.25, 0.3) is 0 Å². The number of nitrogen functional groups attached to an aromatic ring is 1. The summed E-state index contributed by atoms with van der Waals surface area (Å²) in [6, 6.07) is 12.9. The lowest BCUT2D eigenvalue weighted by Gasteiger charge is -2.10. The molecule has 5 heteroatoms. The normalized spacial score (nSPS) is 10.2. The Labute approximate surface area is 117 Å². The van der Waals surface area contributed by atoms with Gasteiger partial charge in [-0.25, -0.2) is 0 Å². The molecule has 0 fully saturated rings. The number of carbonyl (C=O) groups is 1. The molecule has 0 heterocycles. The highest BCUT2D eigenvalue weighted by Gasteiger charge is 2.07. The van der Waals surface area contributed by atoms with Gasteiger partial charge in [-0.2, -0.15) is 0 Å². The third-order valence-electron chi connectivity index (χ3n) is 2.85. The zero-order valence-electron chi connectivity index (χ0n) is 11.2. The van der Waals surface area contributed by atoms with Gasteiger partial charge in [-0.05, 0) is 35.9 Å². The molecule has 2 aromatic rings. The number of benzene rings is 2. The zero-order chi connectivity index (χ0) is 14.5. The highest BCUT2D eigenvalue weighted by atomic mass is 16.5. The standard InChI is InChI=1S/C15H17N3O2/c1-20-9-10-3-2-4-11(7-10)18-12-5-6-14(16)13(8-12)15(17)19/h2-8,18H,9,16H2,1H3,(H2,17,19). The third kappa shape index (κ3) is 3.27. The lowest BCUT2D eigenvalue weighted by atomic mass is 10.1. The fraction of sp³-hybridized carbons (Fsp3) is 0.133. The van der Waals surface area contributed by atoms with Crippen molar-refractivity contribution in [3.63, 3.8) is 0 Å². The van der Waals surface area contributed by atoms with Gasteiger partial charge >= 0.3 is 0 Å². The first-order chi connectivity index (χ1) is 9.60. The first kappa shape index (κ1) is 13.9. The number of rotatable bonds is 5. The van der Waals surface area contributed by atoms with Gasteiger partial charge in [0.15, 0.2) is 0 Å². The van der Waals surface area contributed by atoms with Gasteiger partial charge in [0.25, 0.3) is 5.91 Å². The van der Waals surface area contributed by atoms with E-state index in [0.29, 0.717) is 17.9 Å². The monoisotopic (exact) mass is 271 g/mol. The van der Waals surface area contributed by atoms with Crippen LogP contribution in [0, 0.1) is 0 Å². The third-order valence-corrected chi connectivity index (χ3v) is 2.85. The summed E-state index contributed by atoms with van der Waals surface area (Å²) in [5, 5.41) is 3.21. The molecule has 0 saturated carbocycles. The maximum Gasteiger partial charge on any atom is 0.250 e. The molecule has 1 amide bonds. The first-order valence-electron chi connectivity index (χ1n) is 6.14. The number of anilines is 3. The van der Waals surface area contributed by atoms with Crippen molar-refractivity contribution in [2.24, 2.45) is 5.73 Å². The second kappa shape index (κ2) is 6.08. The van der Waals surface area contributed by atoms with E-state index in [1.54, 1.807) is 25.3 Å². The summed E-state index contributed by atoms with van der Waals surface area (Å²) in [6.07, 6.45) is 0. The number of ether oxygens (including phenoxy) is 1. The van der Waals surface area contributed by atoms with E-state index in [0.717, 1.165) is 16.9 Å². The zero-order valence-corrected chi connectivity index (χ0v) is 11.2. The lowest BCUT2D eigenvalue weighted by Crippen LogP contribution is -2.13. The molecule has 5 nitrogen and oxygen atoms in total. The summed E-state index contributed by atoms with van der Waals surface area (Å²) in [4.78, 5) is 11.3. The Morgan fingerprint density at radius 1 is 1.20 bits per heavy atom. The van der Waals surface area contributed by atoms with Crippen molar-refractivity contribution in [3.8, 4) is 0 Å². The van der Waals surface area contributed by atoms with Gasteiger partial charge in [0.2, 0.25) is 0 Å². The molecule has 2 aromatic carbocycles. The predicted octanol–water partition coefficient (Wildman–Crippen LogP) is 2.26. The quantitative estimate of drug-likeness (QED) is 0.727. The number of hydrogen-bond acceptors (Lipinski definition) is 4. The fourth-order valence-corrected chi connectivity index (χ4v) is 1.92. The number of hydrogen-bond donors (Lipinski definition) is 3. The van der Waals surface area contributed by atoms with Gasteiger partial charge in [-0.3, -0.25) is 4.79 Å². The maximum absolute atomic E-state index is 11.3. The summed E-state index contributed by atoms with van der Waals surface area (Å²) in [6.45, 7) is 0.545. The van der Waals surface area contributed by atoms with Crippen LogP contribution in [0.1, 0.15) is 15.9 Å². The second-order valence-corrected chi connectivity index (χ2v) is 4.42. The minimum Gasteiger partial charge on any atom is -0.398 e. The van der Waals surface area contributed by atoms with Crippen molar-refractivity contribution in [1.82, 2.24) is 0 Å². The van der Waals surface area contributed by atoms with E-state index in [-0.39, 0.29) is 0 Å². The van der Waals surface area contributed by atoms with Crippen LogP contribution in [-0.4, -0.2) is 13.0 Å². The van der Waals surface area contributed by atoms with Crippen LogP contribution < -0.4 is 16.8 Å². The Kier molecular flexibility index (Phi) is 4.22. The minimum absolute atomic E-state index is 0.308. The van der Waals surface area contributed by atoms with Gasteiger partial charge in [-0.15, -0.1) is 0 Å². The van der Waals surface area contributed by atoms with E-state index < -0.39 is 5.91 Å². The number of primary amides is 1. The largest absolute Gasteiger partial charge is 0.398 e. The van der Waals surface area contributed by atoms with Gasteiger partial charge < -0.3 is 21.5 Å². The average Bonchev–Trinajstić information content (AvgIpc) is 2.41. The Balaban J connectivity index is 2.23. The van der Waals surface area contributed by atoms with Crippen molar-refractivity contribution in [1.29, 1.82) is 0 Å². The van der Waals surface area contributed by atoms with Crippen LogP contribution >= 0.6 is 0 Å². The van der Waals surface area contributed by atoms with Gasteiger partial charge in [0.1, 0.15) is 0 Å². The van der Waals surface area contributed by atoms with Gasteiger partial charge in [0.05, 0.1) is 12.2 Å². The first-order valence-corrected chi connectivity index (χ1v) is 6.14. The molecule has 0 aliphatic carbocycles. The molecule has 2 rings (SSSR count). The summed E-state index contributed by atoms with van der Waals surface area (Å²) in [7, 11) is 1.65. The van der Waals surface area contributed by atoms with Crippen molar-refractivity contribution >= 4 is 23.0 Å². The summed E-state index contributed by atoms with van der Waals surface area (Å²) < 4.78 is 5.09. The molecule has 104 valence electrons. The summed E-state index contributed by atoms with van der Waals surface area (Å²) in [5.41, 5.74) is 14.4. The van der Waals surface area contributed by atoms with Crippen LogP contribution in [0.4, 0.5) is 17.1 Å². The number of carbonyl (C=O) groups excluding carboxylic acids is 1. The topological polar surface area (TPSA) is 90.4 Å². The number of nitrogens with two attached hydrogens (primary N) is 2. The van der Waals surface area contributed by atoms with E-state index in [4.69, 9.17) is 16.2 Å². The van der Waals surface area contributed by atoms with E-state index in [1.807, 2.05) is 24.3 Å². The van der Waals surface area contributed by atoms with Crippen molar-refractivity contribution in [3.05, 3.63) is 53.6 Å². The molecule has 5 N–H and O–H groups in total. The number of amides is 1. The SMILES string of the molecule is COCc1cccc(Nc2ccc(N)c(C(N)=O)c2)c1. The van der Waals surface area contributed by atoms with Crippen molar-refractivity contribution in [2.45, 2.75) is 6.61 Å².